The summed E-state index contributed by atoms with van der Waals surface area (Å²) in [6.45, 7) is 4.85. The van der Waals surface area contributed by atoms with E-state index in [2.05, 4.69) is 15.9 Å². The standard InChI is InChI=1S/C18H18BrF3O4/c1-4-25-15(23)9-11-12(18(20,21)22)6-5-7-14(11)26-17(3)10(2)8-13(19)16(17)24/h5-8,24H,4,9H2,1-3H3. The van der Waals surface area contributed by atoms with E-state index in [1.54, 1.807) is 19.9 Å². The van der Waals surface area contributed by atoms with E-state index in [9.17, 15) is 23.1 Å². The van der Waals surface area contributed by atoms with E-state index in [4.69, 9.17) is 9.47 Å². The molecule has 1 aliphatic carbocycles. The van der Waals surface area contributed by atoms with Gasteiger partial charge in [-0.3, -0.25) is 4.79 Å². The van der Waals surface area contributed by atoms with Gasteiger partial charge < -0.3 is 14.6 Å². The number of rotatable bonds is 5. The number of allylic oxidation sites excluding steroid dienone is 2. The Morgan fingerprint density at radius 1 is 1.35 bits per heavy atom. The Bertz CT molecular complexity index is 783. The third kappa shape index (κ3) is 3.90. The highest BCUT2D eigenvalue weighted by atomic mass is 79.9. The predicted molar refractivity (Wildman–Crippen MR) is 93.2 cm³/mol. The lowest BCUT2D eigenvalue weighted by Crippen LogP contribution is -2.35. The first-order chi connectivity index (χ1) is 12.0. The zero-order valence-electron chi connectivity index (χ0n) is 14.4. The number of hydrogen-bond acceptors (Lipinski definition) is 4. The van der Waals surface area contributed by atoms with Gasteiger partial charge in [-0.05, 0) is 60.5 Å². The Hall–Kier alpha value is -1.96. The van der Waals surface area contributed by atoms with Crippen LogP contribution in [-0.2, 0) is 22.1 Å². The molecule has 8 heteroatoms. The van der Waals surface area contributed by atoms with Gasteiger partial charge in [0.15, 0.2) is 11.4 Å². The molecule has 1 unspecified atom stereocenters. The second kappa shape index (κ2) is 7.34. The van der Waals surface area contributed by atoms with Crippen molar-refractivity contribution in [1.82, 2.24) is 0 Å². The average Bonchev–Trinajstić information content (AvgIpc) is 2.71. The minimum atomic E-state index is -4.67. The molecule has 0 saturated heterocycles. The van der Waals surface area contributed by atoms with E-state index >= 15 is 0 Å². The molecule has 1 atom stereocenters. The number of carbonyl (C=O) groups is 1. The monoisotopic (exact) mass is 434 g/mol. The van der Waals surface area contributed by atoms with Crippen LogP contribution in [0.3, 0.4) is 0 Å². The van der Waals surface area contributed by atoms with Gasteiger partial charge in [-0.2, -0.15) is 13.2 Å². The van der Waals surface area contributed by atoms with Crippen LogP contribution in [0, 0.1) is 0 Å². The van der Waals surface area contributed by atoms with Crippen LogP contribution in [0.1, 0.15) is 31.9 Å². The number of halogens is 4. The van der Waals surface area contributed by atoms with Crippen molar-refractivity contribution >= 4 is 21.9 Å². The normalized spacial score (nSPS) is 20.2. The molecule has 2 rings (SSSR count). The Morgan fingerprint density at radius 3 is 2.50 bits per heavy atom. The highest BCUT2D eigenvalue weighted by Crippen LogP contribution is 2.43. The number of hydrogen-bond donors (Lipinski definition) is 1. The fourth-order valence-electron chi connectivity index (χ4n) is 2.63. The topological polar surface area (TPSA) is 55.8 Å². The third-order valence-electron chi connectivity index (χ3n) is 4.15. The number of esters is 1. The third-order valence-corrected chi connectivity index (χ3v) is 4.76. The SMILES string of the molecule is CCOC(=O)Cc1c(OC2(C)C(C)=CC(Br)=C2O)cccc1C(F)(F)F. The van der Waals surface area contributed by atoms with Gasteiger partial charge in [-0.15, -0.1) is 0 Å². The Labute approximate surface area is 157 Å². The summed E-state index contributed by atoms with van der Waals surface area (Å²) in [5.74, 6) is -1.09. The summed E-state index contributed by atoms with van der Waals surface area (Å²) in [6, 6.07) is 3.41. The molecule has 0 radical (unpaired) electrons. The van der Waals surface area contributed by atoms with E-state index in [1.165, 1.54) is 19.1 Å². The number of aliphatic hydroxyl groups excluding tert-OH is 1. The summed E-state index contributed by atoms with van der Waals surface area (Å²) in [5.41, 5.74) is -2.05. The second-order valence-corrected chi connectivity index (χ2v) is 6.78. The van der Waals surface area contributed by atoms with Crippen LogP contribution in [-0.4, -0.2) is 23.3 Å². The summed E-state index contributed by atoms with van der Waals surface area (Å²) >= 11 is 3.18. The number of ether oxygens (including phenoxy) is 2. The molecule has 0 amide bonds. The van der Waals surface area contributed by atoms with Crippen LogP contribution in [0.15, 0.2) is 40.1 Å². The second-order valence-electron chi connectivity index (χ2n) is 5.92. The summed E-state index contributed by atoms with van der Waals surface area (Å²) in [4.78, 5) is 11.8. The van der Waals surface area contributed by atoms with Gasteiger partial charge in [0.1, 0.15) is 5.75 Å². The van der Waals surface area contributed by atoms with Gasteiger partial charge in [0.05, 0.1) is 23.1 Å². The zero-order chi connectivity index (χ0) is 19.7. The van der Waals surface area contributed by atoms with Crippen molar-refractivity contribution in [3.63, 3.8) is 0 Å². The molecule has 1 aromatic carbocycles. The summed E-state index contributed by atoms with van der Waals surface area (Å²) in [6.07, 6.45) is -3.64. The molecule has 1 aliphatic rings. The van der Waals surface area contributed by atoms with Gasteiger partial charge in [-0.25, -0.2) is 0 Å². The summed E-state index contributed by atoms with van der Waals surface area (Å²) < 4.78 is 51.2. The van der Waals surface area contributed by atoms with Crippen molar-refractivity contribution in [2.24, 2.45) is 0 Å². The van der Waals surface area contributed by atoms with Gasteiger partial charge in [0, 0.05) is 5.56 Å². The van der Waals surface area contributed by atoms with Crippen molar-refractivity contribution in [1.29, 1.82) is 0 Å². The summed E-state index contributed by atoms with van der Waals surface area (Å²) in [7, 11) is 0. The van der Waals surface area contributed by atoms with Crippen molar-refractivity contribution < 1.29 is 32.5 Å². The van der Waals surface area contributed by atoms with Gasteiger partial charge in [-0.1, -0.05) is 6.07 Å². The number of benzene rings is 1. The molecule has 26 heavy (non-hydrogen) atoms. The van der Waals surface area contributed by atoms with Crippen LogP contribution >= 0.6 is 15.9 Å². The summed E-state index contributed by atoms with van der Waals surface area (Å²) in [5, 5.41) is 10.3. The van der Waals surface area contributed by atoms with Crippen LogP contribution in [0.25, 0.3) is 0 Å². The highest BCUT2D eigenvalue weighted by molar-refractivity contribution is 9.11. The minimum absolute atomic E-state index is 0.0548. The first kappa shape index (κ1) is 20.4. The lowest BCUT2D eigenvalue weighted by Gasteiger charge is -2.30. The van der Waals surface area contributed by atoms with E-state index < -0.39 is 29.7 Å². The van der Waals surface area contributed by atoms with Gasteiger partial charge >= 0.3 is 12.1 Å². The van der Waals surface area contributed by atoms with Crippen molar-refractivity contribution in [2.75, 3.05) is 6.61 Å². The maximum absolute atomic E-state index is 13.4. The maximum Gasteiger partial charge on any atom is 0.416 e. The Balaban J connectivity index is 2.52. The molecule has 0 spiro atoms. The molecule has 0 aromatic heterocycles. The molecular formula is C18H18BrF3O4. The molecule has 1 N–H and O–H groups in total. The molecular weight excluding hydrogens is 417 g/mol. The molecule has 0 fully saturated rings. The average molecular weight is 435 g/mol. The smallest absolute Gasteiger partial charge is 0.416 e. The first-order valence-electron chi connectivity index (χ1n) is 7.82. The molecule has 0 heterocycles. The molecule has 1 aromatic rings. The highest BCUT2D eigenvalue weighted by Gasteiger charge is 2.42. The van der Waals surface area contributed by atoms with Crippen LogP contribution in [0.5, 0.6) is 5.75 Å². The fraction of sp³-hybridized carbons (Fsp3) is 0.389. The van der Waals surface area contributed by atoms with Crippen LogP contribution < -0.4 is 4.74 Å². The minimum Gasteiger partial charge on any atom is -0.507 e. The quantitative estimate of drug-likeness (QED) is 0.657. The van der Waals surface area contributed by atoms with E-state index in [1.807, 2.05) is 0 Å². The maximum atomic E-state index is 13.4. The van der Waals surface area contributed by atoms with Crippen molar-refractivity contribution in [3.8, 4) is 5.75 Å². The molecule has 0 bridgehead atoms. The number of aliphatic hydroxyl groups is 1. The van der Waals surface area contributed by atoms with Crippen molar-refractivity contribution in [2.45, 2.75) is 39.0 Å². The molecule has 0 aliphatic heterocycles. The Morgan fingerprint density at radius 2 is 2.00 bits per heavy atom. The number of carbonyl (C=O) groups excluding carboxylic acids is 1. The van der Waals surface area contributed by atoms with E-state index in [-0.39, 0.29) is 23.7 Å². The Kier molecular flexibility index (Phi) is 5.75. The van der Waals surface area contributed by atoms with E-state index in [0.717, 1.165) is 6.07 Å². The fourth-order valence-corrected chi connectivity index (χ4v) is 3.35. The van der Waals surface area contributed by atoms with Crippen molar-refractivity contribution in [3.05, 3.63) is 51.2 Å². The molecule has 142 valence electrons. The molecule has 4 nitrogen and oxygen atoms in total. The lowest BCUT2D eigenvalue weighted by atomic mass is 9.97. The van der Waals surface area contributed by atoms with Gasteiger partial charge in [0.25, 0.3) is 0 Å². The number of alkyl halides is 3. The zero-order valence-corrected chi connectivity index (χ0v) is 16.0. The molecule has 0 saturated carbocycles. The lowest BCUT2D eigenvalue weighted by molar-refractivity contribution is -0.143. The largest absolute Gasteiger partial charge is 0.507 e. The van der Waals surface area contributed by atoms with Crippen LogP contribution in [0.4, 0.5) is 13.2 Å². The predicted octanol–water partition coefficient (Wildman–Crippen LogP) is 5.07. The first-order valence-corrected chi connectivity index (χ1v) is 8.61. The van der Waals surface area contributed by atoms with Gasteiger partial charge in [0.2, 0.25) is 0 Å². The van der Waals surface area contributed by atoms with E-state index in [0.29, 0.717) is 10.1 Å². The van der Waals surface area contributed by atoms with Crippen LogP contribution in [0.2, 0.25) is 0 Å².